The average Bonchev–Trinajstić information content (AvgIpc) is 2.78. The molecule has 1 aliphatic rings. The summed E-state index contributed by atoms with van der Waals surface area (Å²) in [7, 11) is -1.14. The summed E-state index contributed by atoms with van der Waals surface area (Å²) in [6.45, 7) is 7.35. The maximum atomic E-state index is 14.5. The van der Waals surface area contributed by atoms with E-state index in [2.05, 4.69) is 4.98 Å². The number of rotatable bonds is 3. The molecule has 3 rings (SSSR count). The van der Waals surface area contributed by atoms with E-state index >= 15 is 0 Å². The third kappa shape index (κ3) is 3.50. The van der Waals surface area contributed by atoms with Crippen molar-refractivity contribution in [1.29, 1.82) is 0 Å². The number of benzene rings is 1. The van der Waals surface area contributed by atoms with Gasteiger partial charge in [0.05, 0.1) is 11.2 Å². The first-order valence-electron chi connectivity index (χ1n) is 8.12. The number of pyridine rings is 1. The van der Waals surface area contributed by atoms with Crippen LogP contribution in [0.15, 0.2) is 48.5 Å². The summed E-state index contributed by atoms with van der Waals surface area (Å²) in [5.41, 5.74) is -0.342. The lowest BCUT2D eigenvalue weighted by molar-refractivity contribution is 0.00578. The zero-order valence-electron chi connectivity index (χ0n) is 14.7. The second kappa shape index (κ2) is 6.35. The second-order valence-electron chi connectivity index (χ2n) is 7.10. The number of hydrogen-bond donors (Lipinski definition) is 0. The monoisotopic (exact) mass is 343 g/mol. The van der Waals surface area contributed by atoms with E-state index in [9.17, 15) is 8.78 Å². The summed E-state index contributed by atoms with van der Waals surface area (Å²) in [6.07, 6.45) is 4.41. The van der Waals surface area contributed by atoms with Gasteiger partial charge in [0.1, 0.15) is 11.5 Å². The van der Waals surface area contributed by atoms with E-state index in [1.807, 2.05) is 33.8 Å². The van der Waals surface area contributed by atoms with Crippen LogP contribution in [0.5, 0.6) is 0 Å². The molecule has 0 atom stereocenters. The van der Waals surface area contributed by atoms with Gasteiger partial charge in [0.2, 0.25) is 0 Å². The molecule has 2 heterocycles. The van der Waals surface area contributed by atoms with Gasteiger partial charge in [-0.25, -0.2) is 8.78 Å². The first-order valence-corrected chi connectivity index (χ1v) is 8.12. The quantitative estimate of drug-likeness (QED) is 0.748. The number of aromatic nitrogens is 1. The van der Waals surface area contributed by atoms with Crippen LogP contribution in [-0.2, 0) is 9.31 Å². The van der Waals surface area contributed by atoms with Gasteiger partial charge in [-0.2, -0.15) is 0 Å². The lowest BCUT2D eigenvalue weighted by Crippen LogP contribution is -2.41. The zero-order valence-corrected chi connectivity index (χ0v) is 14.7. The van der Waals surface area contributed by atoms with Gasteiger partial charge in [-0.3, -0.25) is 4.98 Å². The molecule has 0 radical (unpaired) electrons. The third-order valence-electron chi connectivity index (χ3n) is 4.77. The van der Waals surface area contributed by atoms with Crippen LogP contribution in [0.3, 0.4) is 0 Å². The van der Waals surface area contributed by atoms with Gasteiger partial charge in [0, 0.05) is 23.5 Å². The van der Waals surface area contributed by atoms with E-state index in [1.54, 1.807) is 24.5 Å². The second-order valence-corrected chi connectivity index (χ2v) is 7.10. The van der Waals surface area contributed by atoms with Gasteiger partial charge in [-0.05, 0) is 51.5 Å². The summed E-state index contributed by atoms with van der Waals surface area (Å²) in [6, 6.07) is 8.23. The molecule has 130 valence electrons. The van der Waals surface area contributed by atoms with Gasteiger partial charge >= 0.3 is 7.12 Å². The van der Waals surface area contributed by atoms with Gasteiger partial charge < -0.3 is 9.31 Å². The fourth-order valence-corrected chi connectivity index (χ4v) is 2.53. The Morgan fingerprint density at radius 3 is 2.32 bits per heavy atom. The van der Waals surface area contributed by atoms with E-state index in [0.717, 1.165) is 11.6 Å². The van der Waals surface area contributed by atoms with E-state index in [1.165, 1.54) is 12.1 Å². The van der Waals surface area contributed by atoms with Crippen molar-refractivity contribution in [3.63, 3.8) is 0 Å². The van der Waals surface area contributed by atoms with Crippen molar-refractivity contribution >= 4 is 13.2 Å². The topological polar surface area (TPSA) is 31.4 Å². The molecule has 1 aromatic carbocycles. The van der Waals surface area contributed by atoms with Gasteiger partial charge in [-0.1, -0.05) is 18.2 Å². The minimum atomic E-state index is -1.14. The van der Waals surface area contributed by atoms with Crippen molar-refractivity contribution in [2.75, 3.05) is 0 Å². The van der Waals surface area contributed by atoms with Crippen molar-refractivity contribution in [2.45, 2.75) is 38.9 Å². The van der Waals surface area contributed by atoms with Gasteiger partial charge in [0.15, 0.2) is 0 Å². The summed E-state index contributed by atoms with van der Waals surface area (Å²) in [5.74, 6) is -0.520. The van der Waals surface area contributed by atoms with Crippen LogP contribution in [0.4, 0.5) is 8.78 Å². The summed E-state index contributed by atoms with van der Waals surface area (Å²) in [5, 5.41) is 0. The van der Waals surface area contributed by atoms with Crippen LogP contribution in [0, 0.1) is 5.82 Å². The fourth-order valence-electron chi connectivity index (χ4n) is 2.53. The average molecular weight is 343 g/mol. The van der Waals surface area contributed by atoms with Crippen molar-refractivity contribution in [3.05, 3.63) is 59.8 Å². The smallest absolute Gasteiger partial charge is 0.398 e. The number of halogens is 2. The molecule has 2 aromatic rings. The highest BCUT2D eigenvalue weighted by atomic mass is 19.1. The molecule has 1 saturated heterocycles. The highest BCUT2D eigenvalue weighted by molar-refractivity contribution is 6.54. The van der Waals surface area contributed by atoms with Crippen LogP contribution in [0.2, 0.25) is 0 Å². The SMILES string of the molecule is CC1(C)OB(C(F)=Cc2ccc(-c3cccnc3)cc2F)OC1(C)C. The molecular formula is C19H20BF2NO2. The molecule has 0 spiro atoms. The molecule has 0 bridgehead atoms. The van der Waals surface area contributed by atoms with Gasteiger partial charge in [-0.15, -0.1) is 0 Å². The predicted octanol–water partition coefficient (Wildman–Crippen LogP) is 4.83. The molecule has 1 aliphatic heterocycles. The minimum absolute atomic E-state index is 0.139. The summed E-state index contributed by atoms with van der Waals surface area (Å²) < 4.78 is 40.2. The Balaban J connectivity index is 1.84. The molecule has 0 saturated carbocycles. The molecule has 25 heavy (non-hydrogen) atoms. The first kappa shape index (κ1) is 17.8. The highest BCUT2D eigenvalue weighted by Gasteiger charge is 2.53. The van der Waals surface area contributed by atoms with Crippen LogP contribution in [0.1, 0.15) is 33.3 Å². The standard InChI is InChI=1S/C19H20BF2NO2/c1-18(2)19(3,4)25-20(24-18)17(22)11-14-8-7-13(10-16(14)21)15-6-5-9-23-12-15/h5-12H,1-4H3. The van der Waals surface area contributed by atoms with Crippen molar-refractivity contribution in [1.82, 2.24) is 4.98 Å². The summed E-state index contributed by atoms with van der Waals surface area (Å²) in [4.78, 5) is 4.01. The first-order chi connectivity index (χ1) is 11.7. The lowest BCUT2D eigenvalue weighted by Gasteiger charge is -2.32. The van der Waals surface area contributed by atoms with Crippen LogP contribution in [-0.4, -0.2) is 23.3 Å². The molecular weight excluding hydrogens is 323 g/mol. The molecule has 0 unspecified atom stereocenters. The van der Waals surface area contributed by atoms with Crippen LogP contribution in [0.25, 0.3) is 17.2 Å². The molecule has 6 heteroatoms. The maximum Gasteiger partial charge on any atom is 0.525 e. The Labute approximate surface area is 146 Å². The van der Waals surface area contributed by atoms with E-state index in [4.69, 9.17) is 9.31 Å². The van der Waals surface area contributed by atoms with Crippen molar-refractivity contribution in [2.24, 2.45) is 0 Å². The Kier molecular flexibility index (Phi) is 4.52. The third-order valence-corrected chi connectivity index (χ3v) is 4.77. The number of hydrogen-bond acceptors (Lipinski definition) is 3. The number of nitrogens with zero attached hydrogens (tertiary/aromatic N) is 1. The van der Waals surface area contributed by atoms with Crippen molar-refractivity contribution < 1.29 is 18.1 Å². The van der Waals surface area contributed by atoms with Crippen LogP contribution >= 0.6 is 0 Å². The van der Waals surface area contributed by atoms with E-state index in [-0.39, 0.29) is 5.56 Å². The molecule has 3 nitrogen and oxygen atoms in total. The Morgan fingerprint density at radius 1 is 1.08 bits per heavy atom. The van der Waals surface area contributed by atoms with Gasteiger partial charge in [0.25, 0.3) is 0 Å². The Hall–Kier alpha value is -2.05. The van der Waals surface area contributed by atoms with Crippen LogP contribution < -0.4 is 0 Å². The highest BCUT2D eigenvalue weighted by Crippen LogP contribution is 2.39. The van der Waals surface area contributed by atoms with E-state index < -0.39 is 29.9 Å². The Bertz CT molecular complexity index is 790. The van der Waals surface area contributed by atoms with E-state index in [0.29, 0.717) is 5.56 Å². The molecule has 1 fully saturated rings. The van der Waals surface area contributed by atoms with Crippen molar-refractivity contribution in [3.8, 4) is 11.1 Å². The largest absolute Gasteiger partial charge is 0.525 e. The maximum absolute atomic E-state index is 14.5. The molecule has 0 aliphatic carbocycles. The normalized spacial score (nSPS) is 19.3. The summed E-state index contributed by atoms with van der Waals surface area (Å²) >= 11 is 0. The Morgan fingerprint density at radius 2 is 1.76 bits per heavy atom. The predicted molar refractivity (Wildman–Crippen MR) is 94.8 cm³/mol. The zero-order chi connectivity index (χ0) is 18.2. The fraction of sp³-hybridized carbons (Fsp3) is 0.316. The molecule has 0 N–H and O–H groups in total. The minimum Gasteiger partial charge on any atom is -0.398 e. The molecule has 0 amide bonds. The lowest BCUT2D eigenvalue weighted by atomic mass is 9.86. The molecule has 1 aromatic heterocycles.